The molecule has 1 rings (SSSR count). The van der Waals surface area contributed by atoms with E-state index in [4.69, 9.17) is 11.0 Å². The Balaban J connectivity index is 2.57. The molecule has 2 N–H and O–H groups in total. The number of nitrogens with zero attached hydrogens (tertiary/aromatic N) is 2. The zero-order chi connectivity index (χ0) is 7.56. The number of carbonyl (C=O) groups excluding carboxylic acids is 1. The fourth-order valence-electron chi connectivity index (χ4n) is 0.592. The van der Waals surface area contributed by atoms with Gasteiger partial charge < -0.3 is 10.6 Å². The lowest BCUT2D eigenvalue weighted by molar-refractivity contribution is -0.112. The molecule has 0 aliphatic carbocycles. The molecule has 0 fully saturated rings. The summed E-state index contributed by atoms with van der Waals surface area (Å²) in [5, 5.41) is 11.6. The zero-order valence-electron chi connectivity index (χ0n) is 5.07. The molecule has 0 spiro atoms. The highest BCUT2D eigenvalue weighted by atomic mass is 16.6. The minimum Gasteiger partial charge on any atom is -0.376 e. The maximum atomic E-state index is 10.4. The third-order valence-corrected chi connectivity index (χ3v) is 1.10. The minimum absolute atomic E-state index is 0.131. The second-order valence-corrected chi connectivity index (χ2v) is 1.83. The van der Waals surface area contributed by atoms with Crippen molar-refractivity contribution in [3.05, 3.63) is 0 Å². The fourth-order valence-corrected chi connectivity index (χ4v) is 0.592. The van der Waals surface area contributed by atoms with E-state index in [9.17, 15) is 4.79 Å². The first-order chi connectivity index (χ1) is 4.74. The molecule has 1 aliphatic heterocycles. The van der Waals surface area contributed by atoms with E-state index < -0.39 is 12.0 Å². The summed E-state index contributed by atoms with van der Waals surface area (Å²) in [7, 11) is 0. The lowest BCUT2D eigenvalue weighted by Gasteiger charge is -1.91. The van der Waals surface area contributed by atoms with Gasteiger partial charge in [-0.05, 0) is 0 Å². The number of nitrogens with two attached hydrogens (primary N) is 1. The molecule has 5 heteroatoms. The van der Waals surface area contributed by atoms with Gasteiger partial charge in [0.2, 0.25) is 6.10 Å². The molecule has 5 nitrogen and oxygen atoms in total. The second-order valence-electron chi connectivity index (χ2n) is 1.83. The van der Waals surface area contributed by atoms with Gasteiger partial charge in [-0.15, -0.1) is 0 Å². The van der Waals surface area contributed by atoms with Crippen LogP contribution in [0.1, 0.15) is 6.42 Å². The van der Waals surface area contributed by atoms with E-state index in [0.717, 1.165) is 0 Å². The molecule has 0 aromatic rings. The third-order valence-electron chi connectivity index (χ3n) is 1.10. The molecule has 1 heterocycles. The summed E-state index contributed by atoms with van der Waals surface area (Å²) in [5.41, 5.74) is 4.99. The van der Waals surface area contributed by atoms with Gasteiger partial charge in [-0.2, -0.15) is 5.26 Å². The van der Waals surface area contributed by atoms with Crippen LogP contribution in [0.4, 0.5) is 0 Å². The second kappa shape index (κ2) is 2.35. The number of amides is 1. The monoisotopic (exact) mass is 139 g/mol. The van der Waals surface area contributed by atoms with Crippen molar-refractivity contribution >= 4 is 11.6 Å². The van der Waals surface area contributed by atoms with Crippen LogP contribution >= 0.6 is 0 Å². The molecule has 0 radical (unpaired) electrons. The lowest BCUT2D eigenvalue weighted by atomic mass is 10.2. The van der Waals surface area contributed by atoms with Crippen LogP contribution in [0, 0.1) is 11.3 Å². The van der Waals surface area contributed by atoms with Crippen LogP contribution in [0.15, 0.2) is 5.16 Å². The van der Waals surface area contributed by atoms with Crippen molar-refractivity contribution < 1.29 is 9.63 Å². The normalized spacial score (nSPS) is 22.7. The Hall–Kier alpha value is -1.57. The number of hydrogen-bond acceptors (Lipinski definition) is 4. The van der Waals surface area contributed by atoms with Crippen LogP contribution in [0.3, 0.4) is 0 Å². The first-order valence-electron chi connectivity index (χ1n) is 2.66. The van der Waals surface area contributed by atoms with Gasteiger partial charge in [0.05, 0.1) is 6.42 Å². The quantitative estimate of drug-likeness (QED) is 0.512. The highest BCUT2D eigenvalue weighted by Gasteiger charge is 2.23. The van der Waals surface area contributed by atoms with Crippen LogP contribution in [-0.4, -0.2) is 17.7 Å². The van der Waals surface area contributed by atoms with Crippen molar-refractivity contribution in [2.75, 3.05) is 0 Å². The van der Waals surface area contributed by atoms with E-state index in [-0.39, 0.29) is 12.1 Å². The molecule has 0 aromatic carbocycles. The maximum absolute atomic E-state index is 10.4. The van der Waals surface area contributed by atoms with Crippen molar-refractivity contribution in [1.82, 2.24) is 0 Å². The molecular formula is C5H5N3O2. The minimum atomic E-state index is -0.637. The predicted octanol–water partition coefficient (Wildman–Crippen LogP) is -0.860. The topological polar surface area (TPSA) is 88.5 Å². The molecule has 10 heavy (non-hydrogen) atoms. The van der Waals surface area contributed by atoms with Crippen LogP contribution in [0.25, 0.3) is 0 Å². The van der Waals surface area contributed by atoms with Gasteiger partial charge in [0, 0.05) is 0 Å². The largest absolute Gasteiger partial charge is 0.376 e. The Bertz CT molecular complexity index is 228. The fraction of sp³-hybridized carbons (Fsp3) is 0.400. The molecule has 1 amide bonds. The molecule has 0 unspecified atom stereocenters. The Kier molecular flexibility index (Phi) is 1.54. The van der Waals surface area contributed by atoms with Crippen molar-refractivity contribution in [2.45, 2.75) is 12.5 Å². The molecule has 0 saturated carbocycles. The van der Waals surface area contributed by atoms with Crippen molar-refractivity contribution in [3.63, 3.8) is 0 Å². The summed E-state index contributed by atoms with van der Waals surface area (Å²) >= 11 is 0. The Labute approximate surface area is 57.1 Å². The van der Waals surface area contributed by atoms with E-state index in [1.807, 2.05) is 0 Å². The van der Waals surface area contributed by atoms with Crippen LogP contribution in [0.2, 0.25) is 0 Å². The van der Waals surface area contributed by atoms with E-state index in [1.165, 1.54) is 0 Å². The molecule has 52 valence electrons. The van der Waals surface area contributed by atoms with E-state index in [2.05, 4.69) is 9.99 Å². The smallest absolute Gasteiger partial charge is 0.266 e. The summed E-state index contributed by atoms with van der Waals surface area (Å²) in [6.07, 6.45) is -0.436. The Morgan fingerprint density at radius 1 is 2.00 bits per heavy atom. The summed E-state index contributed by atoms with van der Waals surface area (Å²) in [5.74, 6) is -0.627. The average Bonchev–Trinajstić information content (AvgIpc) is 2.34. The summed E-state index contributed by atoms with van der Waals surface area (Å²) in [4.78, 5) is 14.9. The zero-order valence-corrected chi connectivity index (χ0v) is 5.07. The molecule has 0 aromatic heterocycles. The molecular weight excluding hydrogens is 134 g/mol. The van der Waals surface area contributed by atoms with Gasteiger partial charge in [-0.1, -0.05) is 5.16 Å². The number of oxime groups is 1. The number of primary amides is 1. The van der Waals surface area contributed by atoms with Crippen LogP contribution < -0.4 is 5.73 Å². The van der Waals surface area contributed by atoms with Gasteiger partial charge in [0.15, 0.2) is 0 Å². The molecule has 1 atom stereocenters. The van der Waals surface area contributed by atoms with Gasteiger partial charge in [0.1, 0.15) is 11.8 Å². The first kappa shape index (κ1) is 6.55. The maximum Gasteiger partial charge on any atom is 0.266 e. The van der Waals surface area contributed by atoms with Gasteiger partial charge in [0.25, 0.3) is 5.91 Å². The summed E-state index contributed by atoms with van der Waals surface area (Å²) < 4.78 is 0. The molecule has 0 saturated heterocycles. The van der Waals surface area contributed by atoms with Gasteiger partial charge >= 0.3 is 0 Å². The standard InChI is InChI=1S/C5H5N3O2/c6-2-3-1-4(5(7)9)8-10-3/h3H,1H2,(H2,7,9)/t3-/m0/s1. The summed E-state index contributed by atoms with van der Waals surface area (Å²) in [6.45, 7) is 0. The number of nitriles is 1. The highest BCUT2D eigenvalue weighted by molar-refractivity contribution is 6.38. The van der Waals surface area contributed by atoms with E-state index in [1.54, 1.807) is 6.07 Å². The van der Waals surface area contributed by atoms with E-state index in [0.29, 0.717) is 0 Å². The molecule has 1 aliphatic rings. The van der Waals surface area contributed by atoms with Crippen molar-refractivity contribution in [3.8, 4) is 6.07 Å². The summed E-state index contributed by atoms with van der Waals surface area (Å²) in [6, 6.07) is 1.80. The van der Waals surface area contributed by atoms with Crippen molar-refractivity contribution in [2.24, 2.45) is 10.9 Å². The first-order valence-corrected chi connectivity index (χ1v) is 2.66. The van der Waals surface area contributed by atoms with Gasteiger partial charge in [-0.25, -0.2) is 0 Å². The average molecular weight is 139 g/mol. The Morgan fingerprint density at radius 2 is 2.70 bits per heavy atom. The predicted molar refractivity (Wildman–Crippen MR) is 31.7 cm³/mol. The molecule has 0 bridgehead atoms. The van der Waals surface area contributed by atoms with Crippen LogP contribution in [-0.2, 0) is 9.63 Å². The number of rotatable bonds is 1. The lowest BCUT2D eigenvalue weighted by Crippen LogP contribution is -2.22. The van der Waals surface area contributed by atoms with E-state index >= 15 is 0 Å². The third kappa shape index (κ3) is 1.05. The number of carbonyl (C=O) groups is 1. The van der Waals surface area contributed by atoms with Gasteiger partial charge in [-0.3, -0.25) is 4.79 Å². The van der Waals surface area contributed by atoms with Crippen molar-refractivity contribution in [1.29, 1.82) is 5.26 Å². The van der Waals surface area contributed by atoms with Crippen LogP contribution in [0.5, 0.6) is 0 Å². The SMILES string of the molecule is N#C[C@@H]1CC(C(N)=O)=NO1. The highest BCUT2D eigenvalue weighted by Crippen LogP contribution is 2.08. The number of hydrogen-bond donors (Lipinski definition) is 1. The Morgan fingerprint density at radius 3 is 3.00 bits per heavy atom.